The summed E-state index contributed by atoms with van der Waals surface area (Å²) in [5, 5.41) is 3.01. The maximum atomic E-state index is 12.0. The second kappa shape index (κ2) is 6.95. The molecule has 1 rings (SSSR count). The summed E-state index contributed by atoms with van der Waals surface area (Å²) in [5.74, 6) is -0.0551. The van der Waals surface area contributed by atoms with Crippen LogP contribution in [-0.4, -0.2) is 17.3 Å². The molecule has 0 fully saturated rings. The molecular formula is C12H14BrClINO. The zero-order chi connectivity index (χ0) is 13.0. The van der Waals surface area contributed by atoms with Gasteiger partial charge in [-0.2, -0.15) is 0 Å². The number of hydrogen-bond donors (Lipinski definition) is 1. The minimum atomic E-state index is -0.0551. The van der Waals surface area contributed by atoms with Crippen molar-refractivity contribution in [1.29, 1.82) is 0 Å². The molecule has 0 radical (unpaired) electrons. The molecule has 5 heteroatoms. The van der Waals surface area contributed by atoms with Gasteiger partial charge in [-0.15, -0.1) is 11.6 Å². The monoisotopic (exact) mass is 429 g/mol. The van der Waals surface area contributed by atoms with E-state index >= 15 is 0 Å². The van der Waals surface area contributed by atoms with Crippen molar-refractivity contribution >= 4 is 56.0 Å². The van der Waals surface area contributed by atoms with Crippen molar-refractivity contribution in [2.75, 3.05) is 0 Å². The van der Waals surface area contributed by atoms with Crippen LogP contribution in [0.1, 0.15) is 30.6 Å². The van der Waals surface area contributed by atoms with Gasteiger partial charge >= 0.3 is 0 Å². The summed E-state index contributed by atoms with van der Waals surface area (Å²) in [5.41, 5.74) is 0.689. The molecule has 94 valence electrons. The second-order valence-electron chi connectivity index (χ2n) is 4.02. The molecular weight excluding hydrogens is 416 g/mol. The lowest BCUT2D eigenvalue weighted by Crippen LogP contribution is -2.34. The van der Waals surface area contributed by atoms with Crippen LogP contribution in [0.4, 0.5) is 0 Å². The molecule has 1 amide bonds. The average molecular weight is 431 g/mol. The van der Waals surface area contributed by atoms with Crippen LogP contribution < -0.4 is 5.32 Å². The second-order valence-corrected chi connectivity index (χ2v) is 6.84. The van der Waals surface area contributed by atoms with E-state index in [0.29, 0.717) is 5.56 Å². The van der Waals surface area contributed by atoms with E-state index in [1.54, 1.807) is 0 Å². The van der Waals surface area contributed by atoms with Crippen LogP contribution in [0.25, 0.3) is 0 Å². The first-order chi connectivity index (χ1) is 7.90. The highest BCUT2D eigenvalue weighted by Crippen LogP contribution is 2.18. The normalized spacial score (nSPS) is 14.2. The Hall–Kier alpha value is 0.190. The van der Waals surface area contributed by atoms with Gasteiger partial charge in [0.2, 0.25) is 0 Å². The van der Waals surface area contributed by atoms with E-state index in [2.05, 4.69) is 43.8 Å². The molecule has 1 aromatic rings. The van der Waals surface area contributed by atoms with Crippen LogP contribution in [0, 0.1) is 3.57 Å². The molecule has 2 unspecified atom stereocenters. The molecule has 17 heavy (non-hydrogen) atoms. The van der Waals surface area contributed by atoms with E-state index in [9.17, 15) is 4.79 Å². The first-order valence-electron chi connectivity index (χ1n) is 5.30. The van der Waals surface area contributed by atoms with Gasteiger partial charge in [-0.05, 0) is 61.1 Å². The molecule has 2 nitrogen and oxygen atoms in total. The Morgan fingerprint density at radius 2 is 2.18 bits per heavy atom. The molecule has 0 bridgehead atoms. The molecule has 0 heterocycles. The summed E-state index contributed by atoms with van der Waals surface area (Å²) >= 11 is 11.4. The summed E-state index contributed by atoms with van der Waals surface area (Å²) in [4.78, 5) is 12.0. The first kappa shape index (κ1) is 15.2. The van der Waals surface area contributed by atoms with E-state index in [1.807, 2.05) is 32.0 Å². The predicted octanol–water partition coefficient (Wildman–Crippen LogP) is 4.19. The van der Waals surface area contributed by atoms with Gasteiger partial charge < -0.3 is 5.32 Å². The minimum absolute atomic E-state index is 0.0551. The maximum Gasteiger partial charge on any atom is 0.252 e. The van der Waals surface area contributed by atoms with Gasteiger partial charge in [0, 0.05) is 19.5 Å². The number of carbonyl (C=O) groups excluding carboxylic acids is 1. The highest BCUT2D eigenvalue weighted by Gasteiger charge is 2.14. The Morgan fingerprint density at radius 1 is 1.53 bits per heavy atom. The highest BCUT2D eigenvalue weighted by molar-refractivity contribution is 14.1. The molecule has 0 saturated carbocycles. The fourth-order valence-electron chi connectivity index (χ4n) is 1.52. The van der Waals surface area contributed by atoms with Gasteiger partial charge in [0.25, 0.3) is 5.91 Å². The fraction of sp³-hybridized carbons (Fsp3) is 0.417. The molecule has 0 aliphatic carbocycles. The third-order valence-electron chi connectivity index (χ3n) is 2.23. The number of halogens is 3. The van der Waals surface area contributed by atoms with Gasteiger partial charge in [-0.1, -0.05) is 15.9 Å². The summed E-state index contributed by atoms with van der Waals surface area (Å²) < 4.78 is 1.84. The molecule has 0 aromatic heterocycles. The Morgan fingerprint density at radius 3 is 2.76 bits per heavy atom. The van der Waals surface area contributed by atoms with Gasteiger partial charge in [-0.25, -0.2) is 0 Å². The van der Waals surface area contributed by atoms with Gasteiger partial charge in [0.1, 0.15) is 0 Å². The molecule has 2 atom stereocenters. The Kier molecular flexibility index (Phi) is 6.23. The van der Waals surface area contributed by atoms with E-state index in [4.69, 9.17) is 11.6 Å². The van der Waals surface area contributed by atoms with Crippen molar-refractivity contribution in [2.24, 2.45) is 0 Å². The summed E-state index contributed by atoms with van der Waals surface area (Å²) in [6.07, 6.45) is 0.762. The Labute approximate surface area is 129 Å². The number of alkyl halides is 1. The first-order valence-corrected chi connectivity index (χ1v) is 7.61. The number of amides is 1. The van der Waals surface area contributed by atoms with Crippen LogP contribution in [0.2, 0.25) is 0 Å². The van der Waals surface area contributed by atoms with E-state index < -0.39 is 0 Å². The fourth-order valence-corrected chi connectivity index (χ4v) is 2.73. The summed E-state index contributed by atoms with van der Waals surface area (Å²) in [7, 11) is 0. The SMILES string of the molecule is CC(Cl)CC(C)NC(=O)c1cc(Br)ccc1I. The molecule has 0 spiro atoms. The van der Waals surface area contributed by atoms with Crippen molar-refractivity contribution in [1.82, 2.24) is 5.32 Å². The third-order valence-corrected chi connectivity index (χ3v) is 3.84. The zero-order valence-electron chi connectivity index (χ0n) is 9.64. The number of hydrogen-bond acceptors (Lipinski definition) is 1. The number of rotatable bonds is 4. The largest absolute Gasteiger partial charge is 0.350 e. The van der Waals surface area contributed by atoms with Gasteiger partial charge in [-0.3, -0.25) is 4.79 Å². The Balaban J connectivity index is 2.73. The lowest BCUT2D eigenvalue weighted by Gasteiger charge is -2.15. The lowest BCUT2D eigenvalue weighted by molar-refractivity contribution is 0.0937. The summed E-state index contributed by atoms with van der Waals surface area (Å²) in [6, 6.07) is 5.73. The van der Waals surface area contributed by atoms with Crippen LogP contribution >= 0.6 is 50.1 Å². The third kappa shape index (κ3) is 5.14. The number of nitrogens with one attached hydrogen (secondary N) is 1. The van der Waals surface area contributed by atoms with Gasteiger partial charge in [0.15, 0.2) is 0 Å². The Bertz CT molecular complexity index is 411. The standard InChI is InChI=1S/C12H14BrClINO/c1-7(14)5-8(2)16-12(17)10-6-9(13)3-4-11(10)15/h3-4,6-8H,5H2,1-2H3,(H,16,17). The van der Waals surface area contributed by atoms with Crippen LogP contribution in [-0.2, 0) is 0 Å². The van der Waals surface area contributed by atoms with Crippen molar-refractivity contribution < 1.29 is 4.79 Å². The van der Waals surface area contributed by atoms with Crippen LogP contribution in [0.5, 0.6) is 0 Å². The zero-order valence-corrected chi connectivity index (χ0v) is 14.1. The quantitative estimate of drug-likeness (QED) is 0.563. The van der Waals surface area contributed by atoms with E-state index in [-0.39, 0.29) is 17.3 Å². The molecule has 0 aliphatic heterocycles. The van der Waals surface area contributed by atoms with Crippen LogP contribution in [0.15, 0.2) is 22.7 Å². The average Bonchev–Trinajstić information content (AvgIpc) is 2.20. The van der Waals surface area contributed by atoms with E-state index in [1.165, 1.54) is 0 Å². The topological polar surface area (TPSA) is 29.1 Å². The maximum absolute atomic E-state index is 12.0. The molecule has 0 aliphatic rings. The van der Waals surface area contributed by atoms with Crippen LogP contribution in [0.3, 0.4) is 0 Å². The minimum Gasteiger partial charge on any atom is -0.350 e. The number of benzene rings is 1. The smallest absolute Gasteiger partial charge is 0.252 e. The highest BCUT2D eigenvalue weighted by atomic mass is 127. The summed E-state index contributed by atoms with van der Waals surface area (Å²) in [6.45, 7) is 3.88. The van der Waals surface area contributed by atoms with Crippen molar-refractivity contribution in [3.05, 3.63) is 31.8 Å². The van der Waals surface area contributed by atoms with E-state index in [0.717, 1.165) is 14.5 Å². The van der Waals surface area contributed by atoms with Crippen molar-refractivity contribution in [3.63, 3.8) is 0 Å². The molecule has 1 N–H and O–H groups in total. The predicted molar refractivity (Wildman–Crippen MR) is 83.7 cm³/mol. The molecule has 0 saturated heterocycles. The lowest BCUT2D eigenvalue weighted by atomic mass is 10.1. The molecule has 1 aromatic carbocycles. The van der Waals surface area contributed by atoms with Gasteiger partial charge in [0.05, 0.1) is 5.56 Å². The van der Waals surface area contributed by atoms with Crippen molar-refractivity contribution in [3.8, 4) is 0 Å². The number of carbonyl (C=O) groups is 1. The van der Waals surface area contributed by atoms with Crippen molar-refractivity contribution in [2.45, 2.75) is 31.7 Å².